The highest BCUT2D eigenvalue weighted by molar-refractivity contribution is 6.12. The molecule has 0 spiro atoms. The highest BCUT2D eigenvalue weighted by atomic mass is 16.5. The molecule has 118 valence electrons. The van der Waals surface area contributed by atoms with Gasteiger partial charge in [-0.1, -0.05) is 18.2 Å². The van der Waals surface area contributed by atoms with Gasteiger partial charge < -0.3 is 9.64 Å². The Morgan fingerprint density at radius 1 is 1.09 bits per heavy atom. The van der Waals surface area contributed by atoms with Crippen molar-refractivity contribution in [1.82, 2.24) is 15.1 Å². The molecule has 2 aliphatic rings. The van der Waals surface area contributed by atoms with E-state index in [-0.39, 0.29) is 18.2 Å². The second-order valence-electron chi connectivity index (χ2n) is 5.55. The molecule has 1 fully saturated rings. The first kappa shape index (κ1) is 14.0. The maximum atomic E-state index is 12.4. The second kappa shape index (κ2) is 5.51. The van der Waals surface area contributed by atoms with Gasteiger partial charge >= 0.3 is 0 Å². The minimum absolute atomic E-state index is 0.123. The largest absolute Gasteiger partial charge is 0.378 e. The van der Waals surface area contributed by atoms with E-state index in [1.807, 2.05) is 30.3 Å². The summed E-state index contributed by atoms with van der Waals surface area (Å²) >= 11 is 0. The lowest BCUT2D eigenvalue weighted by atomic mass is 10.1. The third-order valence-corrected chi connectivity index (χ3v) is 4.05. The number of rotatable bonds is 2. The van der Waals surface area contributed by atoms with Crippen molar-refractivity contribution in [2.24, 2.45) is 0 Å². The topological polar surface area (TPSA) is 76.5 Å². The van der Waals surface area contributed by atoms with Gasteiger partial charge in [0.2, 0.25) is 5.91 Å². The summed E-state index contributed by atoms with van der Waals surface area (Å²) < 4.78 is 7.16. The van der Waals surface area contributed by atoms with Crippen LogP contribution in [0.1, 0.15) is 16.1 Å². The smallest absolute Gasteiger partial charge is 0.263 e. The van der Waals surface area contributed by atoms with Crippen LogP contribution in [0.2, 0.25) is 0 Å². The van der Waals surface area contributed by atoms with Gasteiger partial charge in [-0.05, 0) is 12.1 Å². The van der Waals surface area contributed by atoms with E-state index >= 15 is 0 Å². The van der Waals surface area contributed by atoms with Gasteiger partial charge in [0.15, 0.2) is 0 Å². The van der Waals surface area contributed by atoms with Crippen LogP contribution in [-0.4, -0.2) is 47.9 Å². The first-order valence-electron chi connectivity index (χ1n) is 7.58. The van der Waals surface area contributed by atoms with Gasteiger partial charge in [0.1, 0.15) is 11.4 Å². The summed E-state index contributed by atoms with van der Waals surface area (Å²) in [5, 5.41) is 6.94. The van der Waals surface area contributed by atoms with E-state index in [9.17, 15) is 9.59 Å². The summed E-state index contributed by atoms with van der Waals surface area (Å²) in [7, 11) is 0. The average molecular weight is 312 g/mol. The average Bonchev–Trinajstić information content (AvgIpc) is 2.96. The number of benzene rings is 1. The molecular weight excluding hydrogens is 296 g/mol. The maximum Gasteiger partial charge on any atom is 0.263 e. The lowest BCUT2D eigenvalue weighted by Crippen LogP contribution is -2.41. The predicted octanol–water partition coefficient (Wildman–Crippen LogP) is 0.521. The molecule has 2 amide bonds. The number of para-hydroxylation sites is 1. The van der Waals surface area contributed by atoms with Gasteiger partial charge in [-0.2, -0.15) is 5.10 Å². The van der Waals surface area contributed by atoms with Crippen LogP contribution in [0.15, 0.2) is 30.3 Å². The first-order valence-corrected chi connectivity index (χ1v) is 7.58. The number of hydrogen-bond donors (Lipinski definition) is 1. The Hall–Kier alpha value is -2.67. The summed E-state index contributed by atoms with van der Waals surface area (Å²) in [4.78, 5) is 26.1. The number of carbonyl (C=O) groups excluding carboxylic acids is 2. The van der Waals surface area contributed by atoms with Gasteiger partial charge in [-0.25, -0.2) is 4.68 Å². The molecule has 7 heteroatoms. The number of anilines is 1. The van der Waals surface area contributed by atoms with Crippen molar-refractivity contribution in [3.8, 4) is 5.69 Å². The van der Waals surface area contributed by atoms with Crippen molar-refractivity contribution in [1.29, 1.82) is 0 Å². The third kappa shape index (κ3) is 2.39. The highest BCUT2D eigenvalue weighted by Crippen LogP contribution is 2.30. The standard InChI is InChI=1S/C16H16N4O3/c21-13-10-12-14(15(22)17-13)16(19-6-8-23-9-7-19)20(18-12)11-4-2-1-3-5-11/h1-5H,6-10H2,(H,17,21,22). The Balaban J connectivity index is 1.89. The second-order valence-corrected chi connectivity index (χ2v) is 5.55. The van der Waals surface area contributed by atoms with E-state index in [2.05, 4.69) is 15.3 Å². The van der Waals surface area contributed by atoms with Crippen molar-refractivity contribution in [2.45, 2.75) is 6.42 Å². The zero-order valence-corrected chi connectivity index (χ0v) is 12.5. The van der Waals surface area contributed by atoms with E-state index in [0.29, 0.717) is 37.6 Å². The monoisotopic (exact) mass is 312 g/mol. The van der Waals surface area contributed by atoms with Gasteiger partial charge in [0.25, 0.3) is 5.91 Å². The molecule has 0 saturated carbocycles. The molecule has 2 aromatic rings. The van der Waals surface area contributed by atoms with Gasteiger partial charge in [-0.15, -0.1) is 0 Å². The molecule has 0 radical (unpaired) electrons. The van der Waals surface area contributed by atoms with E-state index < -0.39 is 0 Å². The fourth-order valence-corrected chi connectivity index (χ4v) is 3.01. The van der Waals surface area contributed by atoms with Crippen LogP contribution >= 0.6 is 0 Å². The molecule has 0 unspecified atom stereocenters. The lowest BCUT2D eigenvalue weighted by molar-refractivity contribution is -0.119. The Bertz CT molecular complexity index is 763. The number of fused-ring (bicyclic) bond motifs is 1. The zero-order valence-electron chi connectivity index (χ0n) is 12.5. The summed E-state index contributed by atoms with van der Waals surface area (Å²) in [6.07, 6.45) is 0.123. The molecule has 3 heterocycles. The van der Waals surface area contributed by atoms with Gasteiger partial charge in [-0.3, -0.25) is 14.9 Å². The predicted molar refractivity (Wildman–Crippen MR) is 82.8 cm³/mol. The quantitative estimate of drug-likeness (QED) is 0.818. The Morgan fingerprint density at radius 3 is 2.57 bits per heavy atom. The van der Waals surface area contributed by atoms with E-state index in [4.69, 9.17) is 4.74 Å². The van der Waals surface area contributed by atoms with Crippen molar-refractivity contribution >= 4 is 17.6 Å². The third-order valence-electron chi connectivity index (χ3n) is 4.05. The van der Waals surface area contributed by atoms with Crippen LogP contribution in [0.25, 0.3) is 5.69 Å². The van der Waals surface area contributed by atoms with E-state index in [0.717, 1.165) is 11.5 Å². The number of hydrogen-bond acceptors (Lipinski definition) is 5. The van der Waals surface area contributed by atoms with Crippen LogP contribution in [0, 0.1) is 0 Å². The number of aromatic nitrogens is 2. The maximum absolute atomic E-state index is 12.4. The summed E-state index contributed by atoms with van der Waals surface area (Å²) in [5.74, 6) is 0.0492. The van der Waals surface area contributed by atoms with E-state index in [1.165, 1.54) is 0 Å². The zero-order chi connectivity index (χ0) is 15.8. The molecule has 1 saturated heterocycles. The van der Waals surface area contributed by atoms with Crippen LogP contribution in [0.3, 0.4) is 0 Å². The van der Waals surface area contributed by atoms with Gasteiger partial charge in [0, 0.05) is 13.1 Å². The molecule has 0 aliphatic carbocycles. The number of carbonyl (C=O) groups is 2. The minimum Gasteiger partial charge on any atom is -0.378 e. The van der Waals surface area contributed by atoms with Crippen molar-refractivity contribution in [3.63, 3.8) is 0 Å². The SMILES string of the molecule is O=C1Cc2nn(-c3ccccc3)c(N3CCOCC3)c2C(=O)N1. The first-order chi connectivity index (χ1) is 11.2. The number of morpholine rings is 1. The normalized spacial score (nSPS) is 17.8. The fourth-order valence-electron chi connectivity index (χ4n) is 3.01. The van der Waals surface area contributed by atoms with Crippen molar-refractivity contribution in [3.05, 3.63) is 41.6 Å². The molecule has 0 bridgehead atoms. The van der Waals surface area contributed by atoms with E-state index in [1.54, 1.807) is 4.68 Å². The molecule has 0 atom stereocenters. The number of nitrogens with one attached hydrogen (secondary N) is 1. The summed E-state index contributed by atoms with van der Waals surface area (Å²) in [6, 6.07) is 9.64. The van der Waals surface area contributed by atoms with Crippen LogP contribution < -0.4 is 10.2 Å². The van der Waals surface area contributed by atoms with Crippen LogP contribution in [0.4, 0.5) is 5.82 Å². The number of amides is 2. The van der Waals surface area contributed by atoms with Crippen LogP contribution in [0.5, 0.6) is 0 Å². The lowest BCUT2D eigenvalue weighted by Gasteiger charge is -2.30. The van der Waals surface area contributed by atoms with Crippen molar-refractivity contribution < 1.29 is 14.3 Å². The molecule has 4 rings (SSSR count). The summed E-state index contributed by atoms with van der Waals surface area (Å²) in [6.45, 7) is 2.59. The number of imide groups is 1. The number of ether oxygens (including phenoxy) is 1. The number of nitrogens with zero attached hydrogens (tertiary/aromatic N) is 3. The van der Waals surface area contributed by atoms with Crippen LogP contribution in [-0.2, 0) is 16.0 Å². The molecule has 1 N–H and O–H groups in total. The summed E-state index contributed by atoms with van der Waals surface area (Å²) in [5.41, 5.74) is 1.89. The molecule has 23 heavy (non-hydrogen) atoms. The van der Waals surface area contributed by atoms with Crippen molar-refractivity contribution in [2.75, 3.05) is 31.2 Å². The Labute approximate surface area is 132 Å². The molecule has 7 nitrogen and oxygen atoms in total. The Kier molecular flexibility index (Phi) is 3.34. The van der Waals surface area contributed by atoms with Gasteiger partial charge in [0.05, 0.1) is 31.0 Å². The molecule has 2 aliphatic heterocycles. The Morgan fingerprint density at radius 2 is 1.83 bits per heavy atom. The molecular formula is C16H16N4O3. The fraction of sp³-hybridized carbons (Fsp3) is 0.312. The molecule has 1 aromatic heterocycles. The molecule has 1 aromatic carbocycles. The minimum atomic E-state index is -0.375. The highest BCUT2D eigenvalue weighted by Gasteiger charge is 2.33.